The fraction of sp³-hybridized carbons (Fsp3) is 0.320. The number of hydrogen-bond donors (Lipinski definition) is 1. The predicted octanol–water partition coefficient (Wildman–Crippen LogP) is 4.99. The van der Waals surface area contributed by atoms with E-state index >= 15 is 0 Å². The van der Waals surface area contributed by atoms with Gasteiger partial charge in [-0.2, -0.15) is 13.2 Å². The normalized spacial score (nSPS) is 20.2. The van der Waals surface area contributed by atoms with Crippen molar-refractivity contribution in [3.8, 4) is 0 Å². The number of nitrogens with one attached hydrogen (secondary N) is 1. The number of hydrogen-bond acceptors (Lipinski definition) is 8. The second kappa shape index (κ2) is 11.0. The number of alkyl halides is 3. The van der Waals surface area contributed by atoms with E-state index in [4.69, 9.17) is 37.6 Å². The fourth-order valence-corrected chi connectivity index (χ4v) is 4.56. The SMILES string of the molecule is CCOC(=O)C1=NOC(NC(=O)C(=O)c2ccc(C3=NO[C@@](c4cc(Cl)c(F)c(Cl)c4)(C(F)(F)F)C3)cc2C)C1. The van der Waals surface area contributed by atoms with Gasteiger partial charge in [0.2, 0.25) is 6.23 Å². The van der Waals surface area contributed by atoms with Crippen molar-refractivity contribution in [2.75, 3.05) is 6.61 Å². The summed E-state index contributed by atoms with van der Waals surface area (Å²) in [6.07, 6.45) is -6.97. The molecule has 40 heavy (non-hydrogen) atoms. The molecule has 0 aromatic heterocycles. The summed E-state index contributed by atoms with van der Waals surface area (Å²) < 4.78 is 61.4. The quantitative estimate of drug-likeness (QED) is 0.157. The molecule has 0 saturated carbocycles. The molecule has 0 aliphatic carbocycles. The van der Waals surface area contributed by atoms with Crippen LogP contribution < -0.4 is 5.32 Å². The molecule has 9 nitrogen and oxygen atoms in total. The zero-order chi connectivity index (χ0) is 29.4. The van der Waals surface area contributed by atoms with Gasteiger partial charge in [-0.1, -0.05) is 39.6 Å². The van der Waals surface area contributed by atoms with Crippen molar-refractivity contribution >= 4 is 52.3 Å². The van der Waals surface area contributed by atoms with Gasteiger partial charge in [0.05, 0.1) is 28.8 Å². The van der Waals surface area contributed by atoms with Gasteiger partial charge >= 0.3 is 12.1 Å². The highest BCUT2D eigenvalue weighted by Crippen LogP contribution is 2.50. The van der Waals surface area contributed by atoms with Crippen LogP contribution in [0.25, 0.3) is 0 Å². The van der Waals surface area contributed by atoms with Crippen LogP contribution in [0.4, 0.5) is 17.6 Å². The van der Waals surface area contributed by atoms with E-state index in [0.717, 1.165) is 12.1 Å². The summed E-state index contributed by atoms with van der Waals surface area (Å²) >= 11 is 11.4. The molecule has 0 radical (unpaired) electrons. The van der Waals surface area contributed by atoms with E-state index < -0.39 is 63.5 Å². The number of oxime groups is 2. The minimum atomic E-state index is -5.00. The average molecular weight is 604 g/mol. The average Bonchev–Trinajstić information content (AvgIpc) is 3.55. The molecule has 2 aromatic carbocycles. The van der Waals surface area contributed by atoms with E-state index in [9.17, 15) is 31.9 Å². The van der Waals surface area contributed by atoms with Crippen LogP contribution in [0.15, 0.2) is 40.6 Å². The molecule has 1 unspecified atom stereocenters. The molecule has 1 N–H and O–H groups in total. The molecular weight excluding hydrogens is 585 g/mol. The number of Topliss-reactive ketones (excluding diaryl/α,β-unsaturated/α-hetero) is 1. The highest BCUT2D eigenvalue weighted by molar-refractivity contribution is 6.43. The van der Waals surface area contributed by atoms with Crippen LogP contribution in [0.1, 0.15) is 46.8 Å². The molecule has 212 valence electrons. The lowest BCUT2D eigenvalue weighted by molar-refractivity contribution is -0.275. The summed E-state index contributed by atoms with van der Waals surface area (Å²) in [7, 11) is 0. The number of amides is 1. The number of benzene rings is 2. The van der Waals surface area contributed by atoms with Crippen LogP contribution >= 0.6 is 23.2 Å². The van der Waals surface area contributed by atoms with Crippen LogP contribution in [-0.4, -0.2) is 48.1 Å². The third-order valence-corrected chi connectivity index (χ3v) is 6.67. The molecule has 0 saturated heterocycles. The lowest BCUT2D eigenvalue weighted by Gasteiger charge is -2.29. The Bertz CT molecular complexity index is 1440. The molecule has 2 aromatic rings. The molecule has 15 heteroatoms. The van der Waals surface area contributed by atoms with Gasteiger partial charge in [0.25, 0.3) is 17.3 Å². The van der Waals surface area contributed by atoms with Gasteiger partial charge in [-0.05, 0) is 49.2 Å². The van der Waals surface area contributed by atoms with Crippen LogP contribution in [-0.2, 0) is 29.6 Å². The summed E-state index contributed by atoms with van der Waals surface area (Å²) in [5.74, 6) is -3.79. The van der Waals surface area contributed by atoms with E-state index in [1.54, 1.807) is 6.92 Å². The van der Waals surface area contributed by atoms with Crippen LogP contribution in [0.5, 0.6) is 0 Å². The number of ether oxygens (including phenoxy) is 1. The molecule has 2 heterocycles. The van der Waals surface area contributed by atoms with E-state index in [1.807, 2.05) is 0 Å². The third-order valence-electron chi connectivity index (χ3n) is 6.12. The first kappa shape index (κ1) is 29.3. The minimum absolute atomic E-state index is 0.0375. The van der Waals surface area contributed by atoms with Gasteiger partial charge in [0, 0.05) is 17.5 Å². The molecule has 0 spiro atoms. The van der Waals surface area contributed by atoms with Crippen molar-refractivity contribution in [3.63, 3.8) is 0 Å². The summed E-state index contributed by atoms with van der Waals surface area (Å²) in [4.78, 5) is 46.8. The van der Waals surface area contributed by atoms with Crippen LogP contribution in [0, 0.1) is 12.7 Å². The highest BCUT2D eigenvalue weighted by atomic mass is 35.5. The fourth-order valence-electron chi connectivity index (χ4n) is 4.07. The molecule has 2 aliphatic heterocycles. The van der Waals surface area contributed by atoms with Crippen molar-refractivity contribution in [3.05, 3.63) is 68.4 Å². The first-order valence-electron chi connectivity index (χ1n) is 11.6. The number of ketones is 1. The molecule has 4 rings (SSSR count). The largest absolute Gasteiger partial charge is 0.461 e. The molecule has 0 bridgehead atoms. The Kier molecular flexibility index (Phi) is 8.08. The van der Waals surface area contributed by atoms with Crippen LogP contribution in [0.3, 0.4) is 0 Å². The maximum absolute atomic E-state index is 14.3. The second-order valence-corrected chi connectivity index (χ2v) is 9.59. The Labute approximate surface area is 234 Å². The summed E-state index contributed by atoms with van der Waals surface area (Å²) in [5.41, 5.74) is -3.30. The summed E-state index contributed by atoms with van der Waals surface area (Å²) in [5, 5.41) is 8.23. The second-order valence-electron chi connectivity index (χ2n) is 8.77. The van der Waals surface area contributed by atoms with Crippen molar-refractivity contribution in [2.24, 2.45) is 10.3 Å². The van der Waals surface area contributed by atoms with E-state index in [-0.39, 0.29) is 41.1 Å². The number of nitrogens with zero attached hydrogens (tertiary/aromatic N) is 2. The number of carbonyl (C=O) groups is 3. The van der Waals surface area contributed by atoms with Gasteiger partial charge in [-0.3, -0.25) is 9.59 Å². The molecular formula is C25H19Cl2F4N3O6. The minimum Gasteiger partial charge on any atom is -0.461 e. The Morgan fingerprint density at radius 2 is 1.82 bits per heavy atom. The maximum atomic E-state index is 14.3. The Morgan fingerprint density at radius 1 is 1.15 bits per heavy atom. The first-order chi connectivity index (χ1) is 18.8. The number of halogens is 6. The van der Waals surface area contributed by atoms with Crippen molar-refractivity contribution in [1.82, 2.24) is 5.32 Å². The van der Waals surface area contributed by atoms with E-state index in [0.29, 0.717) is 0 Å². The number of carbonyl (C=O) groups excluding carboxylic acids is 3. The molecule has 0 fully saturated rings. The van der Waals surface area contributed by atoms with Crippen molar-refractivity contribution in [1.29, 1.82) is 0 Å². The Balaban J connectivity index is 1.49. The lowest BCUT2D eigenvalue weighted by Crippen LogP contribution is -2.42. The van der Waals surface area contributed by atoms with Gasteiger partial charge in [0.15, 0.2) is 11.5 Å². The van der Waals surface area contributed by atoms with Crippen LogP contribution in [0.2, 0.25) is 10.0 Å². The van der Waals surface area contributed by atoms with Gasteiger partial charge in [-0.15, -0.1) is 0 Å². The van der Waals surface area contributed by atoms with Crippen molar-refractivity contribution < 1.29 is 46.4 Å². The topological polar surface area (TPSA) is 116 Å². The van der Waals surface area contributed by atoms with E-state index in [2.05, 4.69) is 15.6 Å². The highest BCUT2D eigenvalue weighted by Gasteiger charge is 2.62. The monoisotopic (exact) mass is 603 g/mol. The number of aryl methyl sites for hydroxylation is 1. The third kappa shape index (κ3) is 5.48. The predicted molar refractivity (Wildman–Crippen MR) is 134 cm³/mol. The zero-order valence-corrected chi connectivity index (χ0v) is 22.2. The lowest BCUT2D eigenvalue weighted by atomic mass is 9.86. The summed E-state index contributed by atoms with van der Waals surface area (Å²) in [6, 6.07) is 5.48. The molecule has 2 atom stereocenters. The Hall–Kier alpha value is -3.71. The van der Waals surface area contributed by atoms with Gasteiger partial charge in [0.1, 0.15) is 0 Å². The smallest absolute Gasteiger partial charge is 0.435 e. The summed E-state index contributed by atoms with van der Waals surface area (Å²) in [6.45, 7) is 3.20. The zero-order valence-electron chi connectivity index (χ0n) is 20.7. The Morgan fingerprint density at radius 3 is 2.42 bits per heavy atom. The standard InChI is InChI=1S/C25H19Cl2F4N3O6/c1-3-38-23(37)17-9-19(39-33-17)32-22(36)21(35)14-5-4-12(6-11(14)2)18-10-24(40-34-18,25(29,30)31)13-7-15(26)20(28)16(27)8-13/h4-8,19H,3,9-10H2,1-2H3,(H,32,36)/t19?,24-/m0/s1. The van der Waals surface area contributed by atoms with Gasteiger partial charge in [-0.25, -0.2) is 9.18 Å². The molecule has 2 aliphatic rings. The first-order valence-corrected chi connectivity index (χ1v) is 12.4. The van der Waals surface area contributed by atoms with E-state index in [1.165, 1.54) is 25.1 Å². The van der Waals surface area contributed by atoms with Gasteiger partial charge < -0.3 is 19.7 Å². The molecule has 1 amide bonds. The van der Waals surface area contributed by atoms with Crippen molar-refractivity contribution in [2.45, 2.75) is 44.7 Å². The number of rotatable bonds is 7. The maximum Gasteiger partial charge on any atom is 0.435 e. The number of esters is 1.